The number of hydrogen-bond acceptors (Lipinski definition) is 2. The van der Waals surface area contributed by atoms with Crippen LogP contribution in [0.1, 0.15) is 30.9 Å². The number of unbranched alkanes of at least 4 members (excludes halogenated alkanes) is 1. The predicted molar refractivity (Wildman–Crippen MR) is 82.8 cm³/mol. The first-order valence-electron chi connectivity index (χ1n) is 7.23. The molecule has 0 unspecified atom stereocenters. The van der Waals surface area contributed by atoms with E-state index in [1.54, 1.807) is 0 Å². The molecule has 0 fully saturated rings. The van der Waals surface area contributed by atoms with Gasteiger partial charge in [0.05, 0.1) is 0 Å². The number of aromatic nitrogens is 1. The molecule has 102 valence electrons. The van der Waals surface area contributed by atoms with E-state index in [2.05, 4.69) is 43.1 Å². The van der Waals surface area contributed by atoms with Gasteiger partial charge in [-0.3, -0.25) is 0 Å². The van der Waals surface area contributed by atoms with Gasteiger partial charge in [0.2, 0.25) is 5.89 Å². The Morgan fingerprint density at radius 2 is 2.00 bits per heavy atom. The fourth-order valence-corrected chi connectivity index (χ4v) is 2.41. The molecule has 2 nitrogen and oxygen atoms in total. The van der Waals surface area contributed by atoms with Gasteiger partial charge in [0.15, 0.2) is 5.58 Å². The van der Waals surface area contributed by atoms with Crippen LogP contribution in [0, 0.1) is 6.92 Å². The first kappa shape index (κ1) is 12.9. The second-order valence-electron chi connectivity index (χ2n) is 5.29. The van der Waals surface area contributed by atoms with Crippen LogP contribution in [0.4, 0.5) is 0 Å². The normalized spacial score (nSPS) is 11.1. The quantitative estimate of drug-likeness (QED) is 0.652. The van der Waals surface area contributed by atoms with Crippen molar-refractivity contribution in [1.82, 2.24) is 4.98 Å². The molecule has 0 aliphatic rings. The molecule has 0 N–H and O–H groups in total. The predicted octanol–water partition coefficient (Wildman–Crippen LogP) is 5.15. The second-order valence-corrected chi connectivity index (χ2v) is 5.29. The SMILES string of the molecule is CCCCc1ccc2oc(-c3cccc(C)c3)nc2c1. The van der Waals surface area contributed by atoms with Crippen molar-refractivity contribution in [3.63, 3.8) is 0 Å². The third kappa shape index (κ3) is 2.60. The molecule has 0 spiro atoms. The highest BCUT2D eigenvalue weighted by molar-refractivity contribution is 5.77. The summed E-state index contributed by atoms with van der Waals surface area (Å²) in [6, 6.07) is 14.6. The molecule has 0 saturated carbocycles. The van der Waals surface area contributed by atoms with E-state index in [-0.39, 0.29) is 0 Å². The summed E-state index contributed by atoms with van der Waals surface area (Å²) in [4.78, 5) is 4.63. The van der Waals surface area contributed by atoms with E-state index in [4.69, 9.17) is 4.42 Å². The molecular formula is C18H19NO. The Balaban J connectivity index is 1.98. The van der Waals surface area contributed by atoms with E-state index >= 15 is 0 Å². The van der Waals surface area contributed by atoms with E-state index in [0.29, 0.717) is 5.89 Å². The van der Waals surface area contributed by atoms with Gasteiger partial charge in [-0.25, -0.2) is 4.98 Å². The van der Waals surface area contributed by atoms with Gasteiger partial charge in [-0.2, -0.15) is 0 Å². The number of aryl methyl sites for hydroxylation is 2. The van der Waals surface area contributed by atoms with E-state index in [0.717, 1.165) is 23.1 Å². The Morgan fingerprint density at radius 1 is 1.10 bits per heavy atom. The maximum Gasteiger partial charge on any atom is 0.227 e. The van der Waals surface area contributed by atoms with Crippen LogP contribution in [0.25, 0.3) is 22.6 Å². The minimum Gasteiger partial charge on any atom is -0.436 e. The number of nitrogens with zero attached hydrogens (tertiary/aromatic N) is 1. The van der Waals surface area contributed by atoms with Gasteiger partial charge < -0.3 is 4.42 Å². The molecule has 0 amide bonds. The Morgan fingerprint density at radius 3 is 2.80 bits per heavy atom. The molecule has 3 aromatic rings. The zero-order valence-corrected chi connectivity index (χ0v) is 12.0. The Hall–Kier alpha value is -2.09. The highest BCUT2D eigenvalue weighted by Crippen LogP contribution is 2.25. The summed E-state index contributed by atoms with van der Waals surface area (Å²) < 4.78 is 5.86. The molecule has 2 heteroatoms. The number of benzene rings is 2. The van der Waals surface area contributed by atoms with E-state index in [9.17, 15) is 0 Å². The van der Waals surface area contributed by atoms with Crippen molar-refractivity contribution < 1.29 is 4.42 Å². The Bertz CT molecular complexity index is 727. The molecule has 1 heterocycles. The van der Waals surface area contributed by atoms with Gasteiger partial charge in [0, 0.05) is 5.56 Å². The smallest absolute Gasteiger partial charge is 0.227 e. The molecule has 0 aliphatic carbocycles. The fourth-order valence-electron chi connectivity index (χ4n) is 2.41. The van der Waals surface area contributed by atoms with Crippen molar-refractivity contribution in [2.45, 2.75) is 33.1 Å². The minimum atomic E-state index is 0.705. The van der Waals surface area contributed by atoms with Crippen molar-refractivity contribution in [2.24, 2.45) is 0 Å². The minimum absolute atomic E-state index is 0.705. The molecule has 3 rings (SSSR count). The monoisotopic (exact) mass is 265 g/mol. The van der Waals surface area contributed by atoms with Crippen LogP contribution >= 0.6 is 0 Å². The van der Waals surface area contributed by atoms with Crippen LogP contribution in [-0.4, -0.2) is 4.98 Å². The first-order chi connectivity index (χ1) is 9.76. The van der Waals surface area contributed by atoms with Crippen LogP contribution < -0.4 is 0 Å². The van der Waals surface area contributed by atoms with Crippen LogP contribution in [0.15, 0.2) is 46.9 Å². The number of rotatable bonds is 4. The molecule has 20 heavy (non-hydrogen) atoms. The lowest BCUT2D eigenvalue weighted by Crippen LogP contribution is -1.84. The van der Waals surface area contributed by atoms with Crippen LogP contribution in [0.5, 0.6) is 0 Å². The van der Waals surface area contributed by atoms with Crippen molar-refractivity contribution in [3.05, 3.63) is 53.6 Å². The van der Waals surface area contributed by atoms with Crippen LogP contribution in [0.3, 0.4) is 0 Å². The Labute approximate surface area is 119 Å². The lowest BCUT2D eigenvalue weighted by Gasteiger charge is -1.97. The lowest BCUT2D eigenvalue weighted by atomic mass is 10.1. The maximum atomic E-state index is 5.86. The molecule has 1 aromatic heterocycles. The largest absolute Gasteiger partial charge is 0.436 e. The number of hydrogen-bond donors (Lipinski definition) is 0. The molecule has 0 saturated heterocycles. The van der Waals surface area contributed by atoms with Crippen molar-refractivity contribution >= 4 is 11.1 Å². The molecule has 0 atom stereocenters. The van der Waals surface area contributed by atoms with Gasteiger partial charge in [-0.1, -0.05) is 37.1 Å². The van der Waals surface area contributed by atoms with Crippen molar-refractivity contribution in [2.75, 3.05) is 0 Å². The van der Waals surface area contributed by atoms with Crippen LogP contribution in [0.2, 0.25) is 0 Å². The fraction of sp³-hybridized carbons (Fsp3) is 0.278. The summed E-state index contributed by atoms with van der Waals surface area (Å²) in [7, 11) is 0. The van der Waals surface area contributed by atoms with Crippen LogP contribution in [-0.2, 0) is 6.42 Å². The van der Waals surface area contributed by atoms with E-state index < -0.39 is 0 Å². The molecule has 0 bridgehead atoms. The summed E-state index contributed by atoms with van der Waals surface area (Å²) >= 11 is 0. The number of oxazole rings is 1. The van der Waals surface area contributed by atoms with Gasteiger partial charge in [0.1, 0.15) is 5.52 Å². The summed E-state index contributed by atoms with van der Waals surface area (Å²) in [5, 5.41) is 0. The highest BCUT2D eigenvalue weighted by atomic mass is 16.3. The molecular weight excluding hydrogens is 246 g/mol. The van der Waals surface area contributed by atoms with Crippen molar-refractivity contribution in [1.29, 1.82) is 0 Å². The average Bonchev–Trinajstić information content (AvgIpc) is 2.88. The van der Waals surface area contributed by atoms with Gasteiger partial charge in [-0.15, -0.1) is 0 Å². The van der Waals surface area contributed by atoms with E-state index in [1.807, 2.05) is 18.2 Å². The molecule has 0 radical (unpaired) electrons. The lowest BCUT2D eigenvalue weighted by molar-refractivity contribution is 0.619. The van der Waals surface area contributed by atoms with Crippen molar-refractivity contribution in [3.8, 4) is 11.5 Å². The van der Waals surface area contributed by atoms with E-state index in [1.165, 1.54) is 24.0 Å². The summed E-state index contributed by atoms with van der Waals surface area (Å²) in [6.07, 6.45) is 3.54. The molecule has 0 aliphatic heterocycles. The zero-order valence-electron chi connectivity index (χ0n) is 12.0. The van der Waals surface area contributed by atoms with Gasteiger partial charge in [0.25, 0.3) is 0 Å². The third-order valence-corrected chi connectivity index (χ3v) is 3.54. The number of fused-ring (bicyclic) bond motifs is 1. The standard InChI is InChI=1S/C18H19NO/c1-3-4-7-14-9-10-17-16(12-14)19-18(20-17)15-8-5-6-13(2)11-15/h5-6,8-12H,3-4,7H2,1-2H3. The topological polar surface area (TPSA) is 26.0 Å². The third-order valence-electron chi connectivity index (χ3n) is 3.54. The zero-order chi connectivity index (χ0) is 13.9. The molecule has 2 aromatic carbocycles. The highest BCUT2D eigenvalue weighted by Gasteiger charge is 2.08. The first-order valence-corrected chi connectivity index (χ1v) is 7.23. The maximum absolute atomic E-state index is 5.86. The van der Waals surface area contributed by atoms with Gasteiger partial charge >= 0.3 is 0 Å². The average molecular weight is 265 g/mol. The summed E-state index contributed by atoms with van der Waals surface area (Å²) in [5.74, 6) is 0.705. The summed E-state index contributed by atoms with van der Waals surface area (Å²) in [5.41, 5.74) is 5.41. The van der Waals surface area contributed by atoms with Gasteiger partial charge in [-0.05, 0) is 49.6 Å². The Kier molecular flexibility index (Phi) is 3.55. The summed E-state index contributed by atoms with van der Waals surface area (Å²) in [6.45, 7) is 4.29. The second kappa shape index (κ2) is 5.49.